The SMILES string of the molecule is C#CC(=O)N1CCC1C(=O)Cc1cccc(CNc2nc(NC3CCOCC3)nc3c(C(C)C)cnn23)c1. The number of benzene rings is 1. The quantitative estimate of drug-likeness (QED) is 0.418. The minimum Gasteiger partial charge on any atom is -0.381 e. The van der Waals surface area contributed by atoms with Crippen LogP contribution in [0.4, 0.5) is 11.9 Å². The number of carbonyl (C=O) groups is 2. The van der Waals surface area contributed by atoms with Crippen molar-refractivity contribution in [2.45, 2.75) is 64.1 Å². The average Bonchev–Trinajstić information content (AvgIpc) is 3.32. The summed E-state index contributed by atoms with van der Waals surface area (Å²) < 4.78 is 7.22. The first-order chi connectivity index (χ1) is 18.4. The first-order valence-electron chi connectivity index (χ1n) is 13.1. The summed E-state index contributed by atoms with van der Waals surface area (Å²) in [4.78, 5) is 35.6. The third-order valence-corrected chi connectivity index (χ3v) is 7.17. The normalized spacial score (nSPS) is 17.7. The molecule has 1 unspecified atom stereocenters. The van der Waals surface area contributed by atoms with E-state index in [1.54, 1.807) is 4.52 Å². The monoisotopic (exact) mass is 515 g/mol. The summed E-state index contributed by atoms with van der Waals surface area (Å²) in [6, 6.07) is 7.70. The van der Waals surface area contributed by atoms with Gasteiger partial charge in [0.2, 0.25) is 11.9 Å². The van der Waals surface area contributed by atoms with Crippen LogP contribution in [-0.2, 0) is 27.3 Å². The van der Waals surface area contributed by atoms with Crippen molar-refractivity contribution in [3.63, 3.8) is 0 Å². The fraction of sp³-hybridized carbons (Fsp3) is 0.464. The van der Waals surface area contributed by atoms with Crippen molar-refractivity contribution < 1.29 is 14.3 Å². The second-order valence-electron chi connectivity index (χ2n) is 10.2. The van der Waals surface area contributed by atoms with Gasteiger partial charge in [-0.1, -0.05) is 38.1 Å². The molecule has 5 rings (SSSR count). The third-order valence-electron chi connectivity index (χ3n) is 7.17. The molecule has 0 aliphatic carbocycles. The van der Waals surface area contributed by atoms with Crippen LogP contribution in [0, 0.1) is 12.3 Å². The summed E-state index contributed by atoms with van der Waals surface area (Å²) in [5, 5.41) is 11.4. The predicted molar refractivity (Wildman–Crippen MR) is 144 cm³/mol. The van der Waals surface area contributed by atoms with Crippen LogP contribution in [-0.4, -0.2) is 68.0 Å². The third kappa shape index (κ3) is 5.48. The van der Waals surface area contributed by atoms with E-state index in [1.807, 2.05) is 30.5 Å². The van der Waals surface area contributed by atoms with E-state index in [0.717, 1.165) is 48.4 Å². The topological polar surface area (TPSA) is 114 Å². The van der Waals surface area contributed by atoms with E-state index in [0.29, 0.717) is 31.4 Å². The number of likely N-dealkylation sites (tertiary alicyclic amines) is 1. The van der Waals surface area contributed by atoms with Crippen LogP contribution in [0.5, 0.6) is 0 Å². The van der Waals surface area contributed by atoms with Gasteiger partial charge in [0.15, 0.2) is 11.4 Å². The molecule has 3 aromatic rings. The number of hydrogen-bond acceptors (Lipinski definition) is 8. The zero-order valence-electron chi connectivity index (χ0n) is 21.8. The van der Waals surface area contributed by atoms with Gasteiger partial charge in [0.05, 0.1) is 12.2 Å². The number of amides is 1. The maximum atomic E-state index is 12.8. The molecule has 0 bridgehead atoms. The van der Waals surface area contributed by atoms with Gasteiger partial charge in [-0.3, -0.25) is 9.59 Å². The van der Waals surface area contributed by atoms with Crippen molar-refractivity contribution in [1.29, 1.82) is 0 Å². The molecule has 0 radical (unpaired) electrons. The maximum Gasteiger partial charge on any atom is 0.298 e. The van der Waals surface area contributed by atoms with Gasteiger partial charge in [0.25, 0.3) is 5.91 Å². The molecule has 10 heteroatoms. The molecule has 2 saturated heterocycles. The average molecular weight is 516 g/mol. The van der Waals surface area contributed by atoms with Crippen LogP contribution in [0.25, 0.3) is 5.65 Å². The number of ether oxygens (including phenoxy) is 1. The van der Waals surface area contributed by atoms with Crippen LogP contribution >= 0.6 is 0 Å². The summed E-state index contributed by atoms with van der Waals surface area (Å²) in [5.41, 5.74) is 3.73. The van der Waals surface area contributed by atoms with E-state index in [9.17, 15) is 9.59 Å². The number of ketones is 1. The molecular formula is C28H33N7O3. The largest absolute Gasteiger partial charge is 0.381 e. The molecule has 2 fully saturated rings. The molecule has 2 aliphatic heterocycles. The lowest BCUT2D eigenvalue weighted by molar-refractivity contribution is -0.141. The van der Waals surface area contributed by atoms with E-state index in [-0.39, 0.29) is 24.2 Å². The molecule has 2 N–H and O–H groups in total. The van der Waals surface area contributed by atoms with Crippen molar-refractivity contribution in [2.75, 3.05) is 30.4 Å². The Morgan fingerprint density at radius 2 is 1.97 bits per heavy atom. The van der Waals surface area contributed by atoms with Crippen molar-refractivity contribution in [2.24, 2.45) is 0 Å². The van der Waals surface area contributed by atoms with Gasteiger partial charge in [-0.15, -0.1) is 6.42 Å². The summed E-state index contributed by atoms with van der Waals surface area (Å²) >= 11 is 0. The lowest BCUT2D eigenvalue weighted by atomic mass is 9.93. The Morgan fingerprint density at radius 3 is 2.68 bits per heavy atom. The summed E-state index contributed by atoms with van der Waals surface area (Å²) in [6.07, 6.45) is 9.80. The highest BCUT2D eigenvalue weighted by atomic mass is 16.5. The summed E-state index contributed by atoms with van der Waals surface area (Å²) in [5.74, 6) is 3.11. The van der Waals surface area contributed by atoms with Crippen molar-refractivity contribution in [1.82, 2.24) is 24.5 Å². The molecule has 0 saturated carbocycles. The molecule has 198 valence electrons. The first-order valence-corrected chi connectivity index (χ1v) is 13.1. The Kier molecular flexibility index (Phi) is 7.56. The van der Waals surface area contributed by atoms with Crippen molar-refractivity contribution >= 4 is 29.2 Å². The minimum absolute atomic E-state index is 0.00375. The first kappa shape index (κ1) is 25.7. The van der Waals surface area contributed by atoms with Crippen LogP contribution in [0.1, 0.15) is 55.7 Å². The summed E-state index contributed by atoms with van der Waals surface area (Å²) in [7, 11) is 0. The number of nitrogens with zero attached hydrogens (tertiary/aromatic N) is 5. The van der Waals surface area contributed by atoms with E-state index >= 15 is 0 Å². The number of fused-ring (bicyclic) bond motifs is 1. The highest BCUT2D eigenvalue weighted by molar-refractivity contribution is 5.98. The maximum absolute atomic E-state index is 12.8. The Labute approximate surface area is 222 Å². The second-order valence-corrected chi connectivity index (χ2v) is 10.2. The highest BCUT2D eigenvalue weighted by Crippen LogP contribution is 2.24. The van der Waals surface area contributed by atoms with E-state index in [1.165, 1.54) is 4.90 Å². The number of terminal acetylenes is 1. The molecule has 0 spiro atoms. The number of nitrogens with one attached hydrogen (secondary N) is 2. The molecular weight excluding hydrogens is 482 g/mol. The lowest BCUT2D eigenvalue weighted by Crippen LogP contribution is -2.55. The zero-order chi connectivity index (χ0) is 26.6. The number of rotatable bonds is 9. The van der Waals surface area contributed by atoms with Crippen LogP contribution in [0.15, 0.2) is 30.5 Å². The van der Waals surface area contributed by atoms with E-state index in [2.05, 4.69) is 35.5 Å². The standard InChI is InChI=1S/C28H33N7O3/c1-4-25(37)34-11-8-23(34)24(36)15-19-6-5-7-20(14-19)16-29-28-33-27(31-21-9-12-38-13-10-21)32-26-22(18(2)3)17-30-35(26)28/h1,5-7,14,17-18,21,23H,8-13,15-16H2,2-3H3,(H2,29,31,32,33). The van der Waals surface area contributed by atoms with Crippen LogP contribution in [0.2, 0.25) is 0 Å². The summed E-state index contributed by atoms with van der Waals surface area (Å²) in [6.45, 7) is 6.73. The number of aromatic nitrogens is 4. The molecule has 1 amide bonds. The number of anilines is 2. The Morgan fingerprint density at radius 1 is 1.18 bits per heavy atom. The molecule has 4 heterocycles. The van der Waals surface area contributed by atoms with E-state index < -0.39 is 11.9 Å². The number of hydrogen-bond donors (Lipinski definition) is 2. The molecule has 10 nitrogen and oxygen atoms in total. The van der Waals surface area contributed by atoms with Crippen LogP contribution in [0.3, 0.4) is 0 Å². The second kappa shape index (κ2) is 11.2. The van der Waals surface area contributed by atoms with E-state index in [4.69, 9.17) is 21.1 Å². The smallest absolute Gasteiger partial charge is 0.298 e. The fourth-order valence-electron chi connectivity index (χ4n) is 4.90. The van der Waals surface area contributed by atoms with Gasteiger partial charge in [0.1, 0.15) is 0 Å². The van der Waals surface area contributed by atoms with Crippen molar-refractivity contribution in [3.05, 3.63) is 47.2 Å². The zero-order valence-corrected chi connectivity index (χ0v) is 21.8. The molecule has 1 atom stereocenters. The fourth-order valence-corrected chi connectivity index (χ4v) is 4.90. The molecule has 2 aliphatic rings. The van der Waals surface area contributed by atoms with Gasteiger partial charge in [-0.25, -0.2) is 0 Å². The highest BCUT2D eigenvalue weighted by Gasteiger charge is 2.36. The lowest BCUT2D eigenvalue weighted by Gasteiger charge is -2.38. The number of carbonyl (C=O) groups excluding carboxylic acids is 2. The number of Topliss-reactive ketones (excluding diaryl/α,β-unsaturated/α-hetero) is 1. The van der Waals surface area contributed by atoms with Gasteiger partial charge < -0.3 is 20.3 Å². The molecule has 38 heavy (non-hydrogen) atoms. The Hall–Kier alpha value is -3.97. The van der Waals surface area contributed by atoms with Crippen molar-refractivity contribution in [3.8, 4) is 12.3 Å². The molecule has 2 aromatic heterocycles. The predicted octanol–water partition coefficient (Wildman–Crippen LogP) is 2.80. The van der Waals surface area contributed by atoms with Crippen LogP contribution < -0.4 is 10.6 Å². The van der Waals surface area contributed by atoms with Gasteiger partial charge in [-0.05, 0) is 42.2 Å². The Bertz CT molecular complexity index is 1370. The Balaban J connectivity index is 1.31. The van der Waals surface area contributed by atoms with Gasteiger partial charge in [0, 0.05) is 44.3 Å². The molecule has 1 aromatic carbocycles. The minimum atomic E-state index is -0.425. The van der Waals surface area contributed by atoms with Gasteiger partial charge in [-0.2, -0.15) is 19.6 Å². The van der Waals surface area contributed by atoms with Gasteiger partial charge >= 0.3 is 0 Å².